The number of Topliss-reactive ketones (excluding diaryl/α,β-unsaturated/α-hetero) is 1. The number of aromatic hydroxyl groups is 1. The van der Waals surface area contributed by atoms with Crippen LogP contribution in [0, 0.1) is 6.92 Å². The number of benzene rings is 3. The number of amides is 1. The van der Waals surface area contributed by atoms with E-state index in [4.69, 9.17) is 27.9 Å². The van der Waals surface area contributed by atoms with Gasteiger partial charge in [-0.05, 0) is 58.2 Å². The van der Waals surface area contributed by atoms with Crippen LogP contribution in [0.4, 0.5) is 5.13 Å². The number of aliphatic hydroxyl groups is 1. The molecule has 41 heavy (non-hydrogen) atoms. The number of halogens is 3. The van der Waals surface area contributed by atoms with Crippen molar-refractivity contribution in [1.29, 1.82) is 0 Å². The zero-order valence-electron chi connectivity index (χ0n) is 21.4. The van der Waals surface area contributed by atoms with E-state index in [0.29, 0.717) is 31.3 Å². The topological polar surface area (TPSA) is 113 Å². The van der Waals surface area contributed by atoms with Crippen LogP contribution in [0.5, 0.6) is 11.5 Å². The minimum absolute atomic E-state index is 0.114. The van der Waals surface area contributed by atoms with E-state index >= 15 is 0 Å². The lowest BCUT2D eigenvalue weighted by Gasteiger charge is -2.23. The molecule has 8 nitrogen and oxygen atoms in total. The molecule has 0 bridgehead atoms. The van der Waals surface area contributed by atoms with Crippen molar-refractivity contribution in [3.05, 3.63) is 96.9 Å². The summed E-state index contributed by atoms with van der Waals surface area (Å²) in [6.07, 6.45) is 0. The number of anilines is 1. The zero-order valence-corrected chi connectivity index (χ0v) is 26.1. The Labute approximate surface area is 261 Å². The molecule has 0 aliphatic carbocycles. The average molecular weight is 693 g/mol. The molecule has 4 aromatic rings. The van der Waals surface area contributed by atoms with Gasteiger partial charge in [-0.1, -0.05) is 82.2 Å². The molecule has 1 saturated heterocycles. The molecule has 0 radical (unpaired) electrons. The van der Waals surface area contributed by atoms with Gasteiger partial charge in [-0.3, -0.25) is 14.5 Å². The minimum Gasteiger partial charge on any atom is -0.507 e. The Balaban J connectivity index is 1.58. The Hall–Kier alpha value is -3.09. The molecule has 2 N–H and O–H groups in total. The fourth-order valence-corrected chi connectivity index (χ4v) is 7.14. The van der Waals surface area contributed by atoms with Crippen LogP contribution in [0.25, 0.3) is 5.76 Å². The molecule has 1 aliphatic heterocycles. The highest BCUT2D eigenvalue weighted by Gasteiger charge is 2.48. The zero-order chi connectivity index (χ0) is 29.4. The van der Waals surface area contributed by atoms with E-state index in [1.54, 1.807) is 42.5 Å². The van der Waals surface area contributed by atoms with E-state index in [1.807, 2.05) is 13.0 Å². The average Bonchev–Trinajstić information content (AvgIpc) is 3.51. The number of rotatable bonds is 7. The second-order valence-electron chi connectivity index (χ2n) is 8.96. The Morgan fingerprint density at radius 2 is 1.85 bits per heavy atom. The number of phenols is 1. The molecule has 210 valence electrons. The molecule has 0 spiro atoms. The summed E-state index contributed by atoms with van der Waals surface area (Å²) in [7, 11) is 1.38. The highest BCUT2D eigenvalue weighted by atomic mass is 79.9. The molecule has 1 aliphatic rings. The maximum atomic E-state index is 13.5. The lowest BCUT2D eigenvalue weighted by molar-refractivity contribution is -0.132. The molecule has 3 aromatic carbocycles. The number of thioether (sulfide) groups is 1. The van der Waals surface area contributed by atoms with Crippen molar-refractivity contribution >= 4 is 84.8 Å². The number of hydrogen-bond acceptors (Lipinski definition) is 9. The molecule has 1 amide bonds. The van der Waals surface area contributed by atoms with Crippen molar-refractivity contribution in [2.75, 3.05) is 12.0 Å². The Kier molecular flexibility index (Phi) is 8.62. The Morgan fingerprint density at radius 1 is 1.12 bits per heavy atom. The summed E-state index contributed by atoms with van der Waals surface area (Å²) in [5, 5.41) is 31.4. The molecule has 0 saturated carbocycles. The van der Waals surface area contributed by atoms with Crippen LogP contribution < -0.4 is 9.64 Å². The first-order valence-corrected chi connectivity index (χ1v) is 15.3. The molecule has 1 fully saturated rings. The van der Waals surface area contributed by atoms with Gasteiger partial charge in [-0.15, -0.1) is 10.2 Å². The molecule has 1 aromatic heterocycles. The van der Waals surface area contributed by atoms with Crippen LogP contribution in [0.2, 0.25) is 10.0 Å². The van der Waals surface area contributed by atoms with Gasteiger partial charge in [-0.2, -0.15) is 0 Å². The maximum Gasteiger partial charge on any atom is 0.301 e. The predicted octanol–water partition coefficient (Wildman–Crippen LogP) is 7.55. The van der Waals surface area contributed by atoms with Crippen molar-refractivity contribution < 1.29 is 24.5 Å². The van der Waals surface area contributed by atoms with E-state index in [0.717, 1.165) is 22.5 Å². The largest absolute Gasteiger partial charge is 0.507 e. The van der Waals surface area contributed by atoms with Gasteiger partial charge in [-0.25, -0.2) is 0 Å². The number of carbonyl (C=O) groups is 2. The number of aliphatic hydroxyl groups excluding tert-OH is 1. The fraction of sp³-hybridized carbons (Fsp3) is 0.143. The minimum atomic E-state index is -1.08. The Morgan fingerprint density at radius 3 is 2.54 bits per heavy atom. The third kappa shape index (κ3) is 5.82. The molecular formula is C28H20BrCl2N3O5S2. The lowest BCUT2D eigenvalue weighted by atomic mass is 9.95. The van der Waals surface area contributed by atoms with Crippen LogP contribution >= 0.6 is 62.2 Å². The van der Waals surface area contributed by atoms with E-state index in [1.165, 1.54) is 29.8 Å². The smallest absolute Gasteiger partial charge is 0.301 e. The molecule has 1 unspecified atom stereocenters. The third-order valence-electron chi connectivity index (χ3n) is 6.32. The first-order chi connectivity index (χ1) is 19.6. The number of methoxy groups -OCH3 is 1. The first kappa shape index (κ1) is 29.4. The molecule has 5 rings (SSSR count). The number of nitrogens with zero attached hydrogens (tertiary/aromatic N) is 3. The number of phenolic OH excluding ortho intramolecular Hbond substituents is 1. The molecular weight excluding hydrogens is 673 g/mol. The summed E-state index contributed by atoms with van der Waals surface area (Å²) in [5.41, 5.74) is 2.45. The van der Waals surface area contributed by atoms with Gasteiger partial charge in [0.1, 0.15) is 5.76 Å². The SMILES string of the molecule is COc1cc(C2/C(=C(/O)c3ccc(C)cc3)C(=O)C(=O)N2c2nnc(SCc3ccc(Cl)cc3Cl)s2)cc(Br)c1O. The van der Waals surface area contributed by atoms with Crippen LogP contribution in [-0.4, -0.2) is 39.2 Å². The van der Waals surface area contributed by atoms with Crippen molar-refractivity contribution in [1.82, 2.24) is 10.2 Å². The van der Waals surface area contributed by atoms with Crippen molar-refractivity contribution in [2.24, 2.45) is 0 Å². The Bertz CT molecular complexity index is 1710. The van der Waals surface area contributed by atoms with Gasteiger partial charge in [0, 0.05) is 21.4 Å². The van der Waals surface area contributed by atoms with Crippen LogP contribution in [0.3, 0.4) is 0 Å². The van der Waals surface area contributed by atoms with E-state index < -0.39 is 17.7 Å². The number of carbonyl (C=O) groups excluding carboxylic acids is 2. The van der Waals surface area contributed by atoms with E-state index in [9.17, 15) is 19.8 Å². The fourth-order valence-electron chi connectivity index (χ4n) is 4.26. The maximum absolute atomic E-state index is 13.5. The summed E-state index contributed by atoms with van der Waals surface area (Å²) >= 11 is 18.1. The highest BCUT2D eigenvalue weighted by Crippen LogP contribution is 2.47. The summed E-state index contributed by atoms with van der Waals surface area (Å²) in [4.78, 5) is 28.2. The summed E-state index contributed by atoms with van der Waals surface area (Å²) in [6.45, 7) is 1.90. The quantitative estimate of drug-likeness (QED) is 0.0672. The van der Waals surface area contributed by atoms with Gasteiger partial charge in [0.05, 0.1) is 23.2 Å². The van der Waals surface area contributed by atoms with Crippen LogP contribution in [-0.2, 0) is 15.3 Å². The predicted molar refractivity (Wildman–Crippen MR) is 164 cm³/mol. The summed E-state index contributed by atoms with van der Waals surface area (Å²) in [5.74, 6) is -1.65. The number of aromatic nitrogens is 2. The number of aryl methyl sites for hydroxylation is 1. The normalized spacial score (nSPS) is 16.4. The second-order valence-corrected chi connectivity index (χ2v) is 12.8. The number of hydrogen-bond donors (Lipinski definition) is 2. The number of ketones is 1. The monoisotopic (exact) mass is 691 g/mol. The standard InChI is InChI=1S/C28H20BrCl2N3O5S2/c1-13-3-5-14(6-4-13)23(35)21-22(16-9-18(29)24(36)20(10-16)39-2)34(26(38)25(21)37)27-32-33-28(41-27)40-12-15-7-8-17(30)11-19(15)31/h3-11,22,35-36H,12H2,1-2H3/b23-21-. The second kappa shape index (κ2) is 12.0. The molecule has 2 heterocycles. The van der Waals surface area contributed by atoms with E-state index in [-0.39, 0.29) is 32.4 Å². The van der Waals surface area contributed by atoms with Gasteiger partial charge in [0.15, 0.2) is 15.8 Å². The number of ether oxygens (including phenoxy) is 1. The van der Waals surface area contributed by atoms with Crippen LogP contribution in [0.15, 0.2) is 69.0 Å². The van der Waals surface area contributed by atoms with Crippen molar-refractivity contribution in [3.8, 4) is 11.5 Å². The molecule has 13 heteroatoms. The van der Waals surface area contributed by atoms with Gasteiger partial charge in [0.25, 0.3) is 5.78 Å². The third-order valence-corrected chi connectivity index (χ3v) is 9.62. The van der Waals surface area contributed by atoms with Crippen molar-refractivity contribution in [2.45, 2.75) is 23.1 Å². The van der Waals surface area contributed by atoms with Gasteiger partial charge >= 0.3 is 5.91 Å². The van der Waals surface area contributed by atoms with Gasteiger partial charge in [0.2, 0.25) is 5.13 Å². The summed E-state index contributed by atoms with van der Waals surface area (Å²) < 4.78 is 6.13. The van der Waals surface area contributed by atoms with Gasteiger partial charge < -0.3 is 14.9 Å². The summed E-state index contributed by atoms with van der Waals surface area (Å²) in [6, 6.07) is 14.1. The van der Waals surface area contributed by atoms with Crippen molar-refractivity contribution in [3.63, 3.8) is 0 Å². The lowest BCUT2D eigenvalue weighted by Crippen LogP contribution is -2.29. The first-order valence-electron chi connectivity index (χ1n) is 11.9. The van der Waals surface area contributed by atoms with Crippen LogP contribution in [0.1, 0.15) is 28.3 Å². The van der Waals surface area contributed by atoms with E-state index in [2.05, 4.69) is 26.1 Å². The highest BCUT2D eigenvalue weighted by molar-refractivity contribution is 9.10. The molecule has 1 atom stereocenters.